The number of aryl methyl sites for hydroxylation is 1. The minimum Gasteiger partial charge on any atom is -0.465 e. The molecule has 4 rings (SSSR count). The van der Waals surface area contributed by atoms with Gasteiger partial charge in [-0.05, 0) is 43.3 Å². The van der Waals surface area contributed by atoms with E-state index >= 15 is 0 Å². The molecule has 0 spiro atoms. The zero-order chi connectivity index (χ0) is 21.3. The molecule has 0 saturated carbocycles. The van der Waals surface area contributed by atoms with Crippen molar-refractivity contribution in [3.05, 3.63) is 58.1 Å². The van der Waals surface area contributed by atoms with Gasteiger partial charge in [0, 0.05) is 38.8 Å². The Labute approximate surface area is 177 Å². The largest absolute Gasteiger partial charge is 0.465 e. The monoisotopic (exact) mass is 447 g/mol. The van der Waals surface area contributed by atoms with Crippen LogP contribution in [0.25, 0.3) is 16.3 Å². The van der Waals surface area contributed by atoms with Crippen LogP contribution in [-0.4, -0.2) is 54.3 Å². The lowest BCUT2D eigenvalue weighted by molar-refractivity contribution is -0.127. The van der Waals surface area contributed by atoms with Crippen LogP contribution in [-0.2, 0) is 21.4 Å². The Morgan fingerprint density at radius 3 is 2.63 bits per heavy atom. The molecule has 0 bridgehead atoms. The van der Waals surface area contributed by atoms with Gasteiger partial charge in [0.1, 0.15) is 5.76 Å². The van der Waals surface area contributed by atoms with Gasteiger partial charge < -0.3 is 9.32 Å². The van der Waals surface area contributed by atoms with Crippen molar-refractivity contribution >= 4 is 43.6 Å². The molecule has 0 atom stereocenters. The zero-order valence-corrected chi connectivity index (χ0v) is 18.0. The number of fused-ring (bicyclic) bond motifs is 1. The Morgan fingerprint density at radius 2 is 1.97 bits per heavy atom. The number of piperazine rings is 1. The summed E-state index contributed by atoms with van der Waals surface area (Å²) in [6, 6.07) is 8.27. The van der Waals surface area contributed by atoms with Gasteiger partial charge >= 0.3 is 4.87 Å². The molecular formula is C20H21N3O5S2. The number of thiazole rings is 1. The van der Waals surface area contributed by atoms with Crippen molar-refractivity contribution < 1.29 is 17.6 Å². The highest BCUT2D eigenvalue weighted by Crippen LogP contribution is 2.24. The van der Waals surface area contributed by atoms with Gasteiger partial charge in [0.2, 0.25) is 15.9 Å². The summed E-state index contributed by atoms with van der Waals surface area (Å²) in [5.74, 6) is 0.398. The van der Waals surface area contributed by atoms with Crippen LogP contribution in [0.3, 0.4) is 0 Å². The number of sulfonamides is 1. The lowest BCUT2D eigenvalue weighted by Crippen LogP contribution is -2.50. The molecule has 30 heavy (non-hydrogen) atoms. The number of furan rings is 1. The van der Waals surface area contributed by atoms with Gasteiger partial charge in [0.15, 0.2) is 0 Å². The number of hydrogen-bond donors (Lipinski definition) is 0. The van der Waals surface area contributed by atoms with E-state index in [0.717, 1.165) is 16.9 Å². The topological polar surface area (TPSA) is 92.8 Å². The Bertz CT molecular complexity index is 1250. The van der Waals surface area contributed by atoms with E-state index in [1.54, 1.807) is 45.9 Å². The smallest absolute Gasteiger partial charge is 0.308 e. The second-order valence-electron chi connectivity index (χ2n) is 6.82. The molecule has 0 aliphatic carbocycles. The molecule has 1 fully saturated rings. The minimum absolute atomic E-state index is 0.100. The van der Waals surface area contributed by atoms with Crippen molar-refractivity contribution in [3.63, 3.8) is 0 Å². The molecule has 8 nitrogen and oxygen atoms in total. The van der Waals surface area contributed by atoms with E-state index in [4.69, 9.17) is 4.42 Å². The van der Waals surface area contributed by atoms with Crippen LogP contribution < -0.4 is 4.87 Å². The van der Waals surface area contributed by atoms with E-state index < -0.39 is 10.0 Å². The van der Waals surface area contributed by atoms with Crippen molar-refractivity contribution in [1.29, 1.82) is 0 Å². The summed E-state index contributed by atoms with van der Waals surface area (Å²) in [6.45, 7) is 3.46. The Kier molecular flexibility index (Phi) is 5.63. The predicted molar refractivity (Wildman–Crippen MR) is 115 cm³/mol. The molecule has 0 N–H and O–H groups in total. The maximum absolute atomic E-state index is 13.1. The molecule has 1 aliphatic heterocycles. The average molecular weight is 448 g/mol. The summed E-state index contributed by atoms with van der Waals surface area (Å²) in [5, 5.41) is 0. The van der Waals surface area contributed by atoms with E-state index in [1.165, 1.54) is 16.6 Å². The van der Waals surface area contributed by atoms with Crippen LogP contribution in [0.15, 0.2) is 56.8 Å². The van der Waals surface area contributed by atoms with Crippen LogP contribution >= 0.6 is 11.3 Å². The maximum atomic E-state index is 13.1. The SMILES string of the molecule is CCn1c(=O)sc2cc(S(=O)(=O)N3CCN(C(=O)/C=C/c4ccco4)CC3)ccc21. The van der Waals surface area contributed by atoms with Crippen LogP contribution in [0.2, 0.25) is 0 Å². The number of benzene rings is 1. The van der Waals surface area contributed by atoms with Gasteiger partial charge in [-0.15, -0.1) is 0 Å². The molecule has 0 radical (unpaired) electrons. The fourth-order valence-corrected chi connectivity index (χ4v) is 5.97. The first-order valence-electron chi connectivity index (χ1n) is 9.54. The van der Waals surface area contributed by atoms with E-state index in [0.29, 0.717) is 30.1 Å². The maximum Gasteiger partial charge on any atom is 0.308 e. The Balaban J connectivity index is 1.46. The van der Waals surface area contributed by atoms with E-state index in [2.05, 4.69) is 0 Å². The predicted octanol–water partition coefficient (Wildman–Crippen LogP) is 2.22. The van der Waals surface area contributed by atoms with E-state index in [1.807, 2.05) is 6.92 Å². The highest BCUT2D eigenvalue weighted by molar-refractivity contribution is 7.89. The van der Waals surface area contributed by atoms with Crippen LogP contribution in [0.4, 0.5) is 0 Å². The number of carbonyl (C=O) groups excluding carboxylic acids is 1. The lowest BCUT2D eigenvalue weighted by Gasteiger charge is -2.33. The minimum atomic E-state index is -3.70. The summed E-state index contributed by atoms with van der Waals surface area (Å²) in [5.41, 5.74) is 0.741. The second-order valence-corrected chi connectivity index (χ2v) is 9.75. The van der Waals surface area contributed by atoms with Gasteiger partial charge in [-0.1, -0.05) is 11.3 Å². The third-order valence-electron chi connectivity index (χ3n) is 5.08. The molecule has 2 aromatic heterocycles. The Morgan fingerprint density at radius 1 is 1.20 bits per heavy atom. The van der Waals surface area contributed by atoms with Crippen molar-refractivity contribution in [2.24, 2.45) is 0 Å². The standard InChI is InChI=1S/C20H21N3O5S2/c1-2-23-17-7-6-16(14-18(17)29-20(23)25)30(26,27)22-11-9-21(10-12-22)19(24)8-5-15-4-3-13-28-15/h3-8,13-14H,2,9-12H2,1H3/b8-5+. The molecule has 1 amide bonds. The van der Waals surface area contributed by atoms with Crippen LogP contribution in [0.5, 0.6) is 0 Å². The quantitative estimate of drug-likeness (QED) is 0.559. The van der Waals surface area contributed by atoms with Gasteiger partial charge in [-0.3, -0.25) is 14.2 Å². The number of hydrogen-bond acceptors (Lipinski definition) is 6. The van der Waals surface area contributed by atoms with E-state index in [9.17, 15) is 18.0 Å². The number of rotatable bonds is 5. The number of carbonyl (C=O) groups is 1. The molecule has 1 saturated heterocycles. The number of aromatic nitrogens is 1. The first-order valence-corrected chi connectivity index (χ1v) is 11.8. The van der Waals surface area contributed by atoms with Gasteiger partial charge in [-0.25, -0.2) is 8.42 Å². The number of nitrogens with zero attached hydrogens (tertiary/aromatic N) is 3. The van der Waals surface area contributed by atoms with Gasteiger partial charge in [0.05, 0.1) is 21.4 Å². The lowest BCUT2D eigenvalue weighted by atomic mass is 10.3. The summed E-state index contributed by atoms with van der Waals surface area (Å²) in [4.78, 5) is 26.0. The normalized spacial score (nSPS) is 16.0. The molecular weight excluding hydrogens is 426 g/mol. The van der Waals surface area contributed by atoms with Crippen molar-refractivity contribution in [3.8, 4) is 0 Å². The summed E-state index contributed by atoms with van der Waals surface area (Å²) >= 11 is 1.05. The molecule has 158 valence electrons. The first kappa shape index (κ1) is 20.6. The molecule has 3 aromatic rings. The van der Waals surface area contributed by atoms with Crippen molar-refractivity contribution in [2.45, 2.75) is 18.4 Å². The average Bonchev–Trinajstić information content (AvgIpc) is 3.38. The summed E-state index contributed by atoms with van der Waals surface area (Å²) < 4.78 is 35.0. The molecule has 10 heteroatoms. The summed E-state index contributed by atoms with van der Waals surface area (Å²) in [6.07, 6.45) is 4.55. The second kappa shape index (κ2) is 8.21. The van der Waals surface area contributed by atoms with Crippen molar-refractivity contribution in [1.82, 2.24) is 13.8 Å². The number of amides is 1. The van der Waals surface area contributed by atoms with E-state index in [-0.39, 0.29) is 28.8 Å². The highest BCUT2D eigenvalue weighted by Gasteiger charge is 2.30. The Hall–Kier alpha value is -2.69. The van der Waals surface area contributed by atoms with Crippen LogP contribution in [0, 0.1) is 0 Å². The van der Waals surface area contributed by atoms with Crippen molar-refractivity contribution in [2.75, 3.05) is 26.2 Å². The third-order valence-corrected chi connectivity index (χ3v) is 7.91. The molecule has 3 heterocycles. The molecule has 0 unspecified atom stereocenters. The molecule has 1 aliphatic rings. The van der Waals surface area contributed by atoms with Gasteiger partial charge in [0.25, 0.3) is 0 Å². The third kappa shape index (κ3) is 3.85. The fraction of sp³-hybridized carbons (Fsp3) is 0.300. The molecule has 1 aromatic carbocycles. The van der Waals surface area contributed by atoms with Gasteiger partial charge in [-0.2, -0.15) is 4.31 Å². The summed E-state index contributed by atoms with van der Waals surface area (Å²) in [7, 11) is -3.70. The highest BCUT2D eigenvalue weighted by atomic mass is 32.2. The van der Waals surface area contributed by atoms with Crippen LogP contribution in [0.1, 0.15) is 12.7 Å². The first-order chi connectivity index (χ1) is 14.4. The zero-order valence-electron chi connectivity index (χ0n) is 16.4. The fourth-order valence-electron chi connectivity index (χ4n) is 3.45.